The van der Waals surface area contributed by atoms with Crippen molar-refractivity contribution in [1.29, 1.82) is 0 Å². The Morgan fingerprint density at radius 1 is 1.10 bits per heavy atom. The van der Waals surface area contributed by atoms with Crippen LogP contribution in [0.1, 0.15) is 24.6 Å². The number of rotatable bonds is 4. The summed E-state index contributed by atoms with van der Waals surface area (Å²) in [5, 5.41) is 1.16. The van der Waals surface area contributed by atoms with Crippen molar-refractivity contribution in [3.63, 3.8) is 0 Å². The maximum absolute atomic E-state index is 13.6. The number of carbonyl (C=O) groups excluding carboxylic acids is 2. The molecule has 1 aromatic heterocycles. The van der Waals surface area contributed by atoms with Crippen LogP contribution < -0.4 is 0 Å². The van der Waals surface area contributed by atoms with Crippen LogP contribution in [0.5, 0.6) is 0 Å². The van der Waals surface area contributed by atoms with Gasteiger partial charge in [0.2, 0.25) is 5.91 Å². The molecule has 2 aromatic rings. The van der Waals surface area contributed by atoms with Crippen LogP contribution in [0.3, 0.4) is 0 Å². The molecule has 2 fully saturated rings. The highest BCUT2D eigenvalue weighted by atomic mass is 16.5. The summed E-state index contributed by atoms with van der Waals surface area (Å²) < 4.78 is 5.40. The maximum atomic E-state index is 13.6. The Balaban J connectivity index is 1.40. The minimum absolute atomic E-state index is 0.0339. The molecular weight excluding hydrogens is 368 g/mol. The zero-order valence-electron chi connectivity index (χ0n) is 16.9. The van der Waals surface area contributed by atoms with E-state index in [0.717, 1.165) is 62.3 Å². The fourth-order valence-electron chi connectivity index (χ4n) is 5.17. The normalized spacial score (nSPS) is 25.4. The fraction of sp³-hybridized carbons (Fsp3) is 0.545. The molecule has 1 aromatic carbocycles. The van der Waals surface area contributed by atoms with Crippen LogP contribution >= 0.6 is 0 Å². The van der Waals surface area contributed by atoms with E-state index in [2.05, 4.69) is 16.0 Å². The number of ether oxygens (including phenoxy) is 1. The number of fused-ring (bicyclic) bond motifs is 5. The van der Waals surface area contributed by atoms with Crippen molar-refractivity contribution in [3.05, 3.63) is 35.5 Å². The first-order valence-corrected chi connectivity index (χ1v) is 10.6. The predicted octanol–water partition coefficient (Wildman–Crippen LogP) is 1.33. The molecule has 5 rings (SSSR count). The van der Waals surface area contributed by atoms with Gasteiger partial charge in [-0.1, -0.05) is 18.2 Å². The number of H-pyrrole nitrogens is 1. The van der Waals surface area contributed by atoms with E-state index < -0.39 is 5.54 Å². The lowest BCUT2D eigenvalue weighted by molar-refractivity contribution is -0.166. The minimum Gasteiger partial charge on any atom is -0.379 e. The van der Waals surface area contributed by atoms with Gasteiger partial charge in [-0.3, -0.25) is 14.5 Å². The van der Waals surface area contributed by atoms with Crippen LogP contribution in [0, 0.1) is 0 Å². The predicted molar refractivity (Wildman–Crippen MR) is 110 cm³/mol. The molecule has 3 aliphatic heterocycles. The fourth-order valence-corrected chi connectivity index (χ4v) is 5.17. The largest absolute Gasteiger partial charge is 0.379 e. The van der Waals surface area contributed by atoms with E-state index in [-0.39, 0.29) is 18.4 Å². The average molecular weight is 396 g/mol. The molecule has 1 atom stereocenters. The molecule has 29 heavy (non-hydrogen) atoms. The molecule has 0 unspecified atom stereocenters. The SMILES string of the molecule is C[C@]12C(=O)N(CCCN3CCOCC3)CC(=O)N1CCc1c2[nH]c2ccccc12. The third-order valence-electron chi connectivity index (χ3n) is 6.76. The monoisotopic (exact) mass is 396 g/mol. The van der Waals surface area contributed by atoms with Crippen molar-refractivity contribution in [1.82, 2.24) is 19.7 Å². The Bertz CT molecular complexity index is 949. The summed E-state index contributed by atoms with van der Waals surface area (Å²) >= 11 is 0. The van der Waals surface area contributed by atoms with Crippen molar-refractivity contribution in [3.8, 4) is 0 Å². The van der Waals surface area contributed by atoms with Gasteiger partial charge in [0.15, 0.2) is 5.54 Å². The number of amides is 2. The lowest BCUT2D eigenvalue weighted by Crippen LogP contribution is -2.67. The van der Waals surface area contributed by atoms with E-state index in [1.165, 1.54) is 5.56 Å². The van der Waals surface area contributed by atoms with Gasteiger partial charge in [0.25, 0.3) is 5.91 Å². The summed E-state index contributed by atoms with van der Waals surface area (Å²) in [6.45, 7) is 7.67. The van der Waals surface area contributed by atoms with Gasteiger partial charge in [-0.15, -0.1) is 0 Å². The lowest BCUT2D eigenvalue weighted by atomic mass is 9.83. The van der Waals surface area contributed by atoms with Crippen molar-refractivity contribution < 1.29 is 14.3 Å². The molecule has 7 heteroatoms. The van der Waals surface area contributed by atoms with Crippen LogP contribution in [0.2, 0.25) is 0 Å². The smallest absolute Gasteiger partial charge is 0.254 e. The Morgan fingerprint density at radius 3 is 2.72 bits per heavy atom. The van der Waals surface area contributed by atoms with Crippen LogP contribution in [0.15, 0.2) is 24.3 Å². The Kier molecular flexibility index (Phi) is 4.59. The molecule has 0 aliphatic carbocycles. The van der Waals surface area contributed by atoms with Crippen LogP contribution in [-0.4, -0.2) is 84.0 Å². The first-order valence-electron chi connectivity index (χ1n) is 10.6. The molecule has 2 amide bonds. The van der Waals surface area contributed by atoms with Crippen LogP contribution in [-0.2, 0) is 26.3 Å². The lowest BCUT2D eigenvalue weighted by Gasteiger charge is -2.49. The summed E-state index contributed by atoms with van der Waals surface area (Å²) in [7, 11) is 0. The third-order valence-corrected chi connectivity index (χ3v) is 6.76. The number of para-hydroxylation sites is 1. The second kappa shape index (κ2) is 7.15. The van der Waals surface area contributed by atoms with Crippen molar-refractivity contribution in [2.45, 2.75) is 25.3 Å². The molecule has 0 spiro atoms. The topological polar surface area (TPSA) is 68.9 Å². The number of benzene rings is 1. The molecule has 7 nitrogen and oxygen atoms in total. The highest BCUT2D eigenvalue weighted by molar-refractivity contribution is 6.00. The summed E-state index contributed by atoms with van der Waals surface area (Å²) in [5.74, 6) is 0.0781. The van der Waals surface area contributed by atoms with Gasteiger partial charge in [0.05, 0.1) is 25.5 Å². The van der Waals surface area contributed by atoms with Gasteiger partial charge in [-0.25, -0.2) is 0 Å². The number of aromatic amines is 1. The van der Waals surface area contributed by atoms with E-state index in [4.69, 9.17) is 4.74 Å². The molecule has 1 N–H and O–H groups in total. The van der Waals surface area contributed by atoms with Gasteiger partial charge in [0, 0.05) is 43.6 Å². The molecule has 2 saturated heterocycles. The molecule has 4 heterocycles. The van der Waals surface area contributed by atoms with Gasteiger partial charge < -0.3 is 19.5 Å². The van der Waals surface area contributed by atoms with Gasteiger partial charge in [-0.05, 0) is 31.4 Å². The highest BCUT2D eigenvalue weighted by Gasteiger charge is 2.53. The number of piperazine rings is 1. The number of carbonyl (C=O) groups is 2. The van der Waals surface area contributed by atoms with Crippen molar-refractivity contribution in [2.75, 3.05) is 52.5 Å². The van der Waals surface area contributed by atoms with Gasteiger partial charge >= 0.3 is 0 Å². The second-order valence-electron chi connectivity index (χ2n) is 8.43. The summed E-state index contributed by atoms with van der Waals surface area (Å²) in [6, 6.07) is 8.16. The standard InChI is InChI=1S/C22H28N4O3/c1-22-20-17(16-5-2-3-6-18(16)23-20)7-10-26(22)19(27)15-25(21(22)28)9-4-8-24-11-13-29-14-12-24/h2-3,5-6,23H,4,7-15H2,1H3/t22-/m0/s1. The first-order chi connectivity index (χ1) is 14.1. The number of morpholine rings is 1. The molecule has 0 saturated carbocycles. The zero-order valence-corrected chi connectivity index (χ0v) is 16.9. The molecule has 0 radical (unpaired) electrons. The Labute approximate surface area is 170 Å². The van der Waals surface area contributed by atoms with E-state index >= 15 is 0 Å². The number of aromatic nitrogens is 1. The third kappa shape index (κ3) is 2.95. The summed E-state index contributed by atoms with van der Waals surface area (Å²) in [6.07, 6.45) is 1.65. The van der Waals surface area contributed by atoms with Crippen molar-refractivity contribution in [2.24, 2.45) is 0 Å². The average Bonchev–Trinajstić information content (AvgIpc) is 3.13. The van der Waals surface area contributed by atoms with Gasteiger partial charge in [0.1, 0.15) is 0 Å². The number of nitrogens with one attached hydrogen (secondary N) is 1. The number of hydrogen-bond donors (Lipinski definition) is 1. The van der Waals surface area contributed by atoms with Gasteiger partial charge in [-0.2, -0.15) is 0 Å². The Morgan fingerprint density at radius 2 is 1.90 bits per heavy atom. The Hall–Kier alpha value is -2.38. The second-order valence-corrected chi connectivity index (χ2v) is 8.43. The maximum Gasteiger partial charge on any atom is 0.254 e. The summed E-state index contributed by atoms with van der Waals surface area (Å²) in [4.78, 5) is 36.0. The van der Waals surface area contributed by atoms with E-state index in [0.29, 0.717) is 13.1 Å². The highest BCUT2D eigenvalue weighted by Crippen LogP contribution is 2.41. The number of hydrogen-bond acceptors (Lipinski definition) is 4. The first kappa shape index (κ1) is 18.6. The van der Waals surface area contributed by atoms with Crippen LogP contribution in [0.25, 0.3) is 10.9 Å². The minimum atomic E-state index is -0.944. The summed E-state index contributed by atoms with van der Waals surface area (Å²) in [5.41, 5.74) is 2.16. The van der Waals surface area contributed by atoms with Crippen molar-refractivity contribution >= 4 is 22.7 Å². The molecule has 0 bridgehead atoms. The van der Waals surface area contributed by atoms with E-state index in [1.54, 1.807) is 9.80 Å². The quantitative estimate of drug-likeness (QED) is 0.847. The number of nitrogens with zero attached hydrogens (tertiary/aromatic N) is 3. The molecule has 154 valence electrons. The van der Waals surface area contributed by atoms with Crippen LogP contribution in [0.4, 0.5) is 0 Å². The van der Waals surface area contributed by atoms with E-state index in [9.17, 15) is 9.59 Å². The molecule has 3 aliphatic rings. The zero-order chi connectivity index (χ0) is 20.0. The molecular formula is C22H28N4O3. The van der Waals surface area contributed by atoms with E-state index in [1.807, 2.05) is 25.1 Å².